The maximum atomic E-state index is 13.4. The summed E-state index contributed by atoms with van der Waals surface area (Å²) in [6.45, 7) is 2.75. The van der Waals surface area contributed by atoms with E-state index in [1.165, 1.54) is 12.4 Å². The van der Waals surface area contributed by atoms with Crippen LogP contribution < -0.4 is 10.6 Å². The Labute approximate surface area is 98.9 Å². The smallest absolute Gasteiger partial charge is 0.146 e. The normalized spacial score (nSPS) is 10.0. The number of halogens is 1. The summed E-state index contributed by atoms with van der Waals surface area (Å²) in [7, 11) is 0. The fraction of sp³-hybridized carbons (Fsp3) is 0.167. The van der Waals surface area contributed by atoms with Gasteiger partial charge in [-0.05, 0) is 19.1 Å². The number of aromatic nitrogens is 2. The number of rotatable bonds is 4. The van der Waals surface area contributed by atoms with Gasteiger partial charge in [0.15, 0.2) is 0 Å². The molecule has 0 fully saturated rings. The van der Waals surface area contributed by atoms with Crippen LogP contribution in [0.3, 0.4) is 0 Å². The van der Waals surface area contributed by atoms with Crippen LogP contribution in [0.5, 0.6) is 0 Å². The van der Waals surface area contributed by atoms with Crippen molar-refractivity contribution in [1.82, 2.24) is 9.97 Å². The van der Waals surface area contributed by atoms with E-state index in [0.29, 0.717) is 17.3 Å². The van der Waals surface area contributed by atoms with E-state index in [-0.39, 0.29) is 5.82 Å². The Morgan fingerprint density at radius 3 is 2.71 bits per heavy atom. The van der Waals surface area contributed by atoms with Crippen LogP contribution in [-0.2, 0) is 0 Å². The summed E-state index contributed by atoms with van der Waals surface area (Å²) in [5, 5.41) is 5.97. The van der Waals surface area contributed by atoms with Crippen molar-refractivity contribution in [2.45, 2.75) is 6.92 Å². The van der Waals surface area contributed by atoms with Gasteiger partial charge < -0.3 is 10.6 Å². The number of hydrogen-bond donors (Lipinski definition) is 2. The highest BCUT2D eigenvalue weighted by atomic mass is 19.1. The molecule has 88 valence electrons. The van der Waals surface area contributed by atoms with Crippen LogP contribution in [0.15, 0.2) is 36.7 Å². The van der Waals surface area contributed by atoms with Crippen LogP contribution in [0.2, 0.25) is 0 Å². The third-order valence-electron chi connectivity index (χ3n) is 2.16. The number of anilines is 3. The molecule has 0 aliphatic carbocycles. The lowest BCUT2D eigenvalue weighted by atomic mass is 10.3. The second-order valence-corrected chi connectivity index (χ2v) is 3.42. The van der Waals surface area contributed by atoms with Crippen molar-refractivity contribution in [2.75, 3.05) is 17.2 Å². The van der Waals surface area contributed by atoms with E-state index in [1.54, 1.807) is 24.3 Å². The topological polar surface area (TPSA) is 49.8 Å². The zero-order chi connectivity index (χ0) is 12.1. The van der Waals surface area contributed by atoms with E-state index in [4.69, 9.17) is 0 Å². The molecule has 0 saturated carbocycles. The van der Waals surface area contributed by atoms with Gasteiger partial charge in [-0.2, -0.15) is 0 Å². The maximum absolute atomic E-state index is 13.4. The molecule has 0 unspecified atom stereocenters. The van der Waals surface area contributed by atoms with Crippen molar-refractivity contribution in [3.05, 3.63) is 42.5 Å². The van der Waals surface area contributed by atoms with Crippen LogP contribution in [0, 0.1) is 5.82 Å². The molecule has 2 N–H and O–H groups in total. The van der Waals surface area contributed by atoms with Gasteiger partial charge in [-0.25, -0.2) is 14.4 Å². The second-order valence-electron chi connectivity index (χ2n) is 3.42. The van der Waals surface area contributed by atoms with Crippen LogP contribution in [-0.4, -0.2) is 16.5 Å². The third-order valence-corrected chi connectivity index (χ3v) is 2.16. The lowest BCUT2D eigenvalue weighted by molar-refractivity contribution is 0.632. The summed E-state index contributed by atoms with van der Waals surface area (Å²) in [6, 6.07) is 8.19. The molecule has 0 spiro atoms. The predicted octanol–water partition coefficient (Wildman–Crippen LogP) is 2.79. The first-order valence-corrected chi connectivity index (χ1v) is 5.37. The first kappa shape index (κ1) is 11.3. The van der Waals surface area contributed by atoms with Gasteiger partial charge in [0, 0.05) is 12.6 Å². The van der Waals surface area contributed by atoms with Gasteiger partial charge in [0.1, 0.15) is 23.8 Å². The first-order valence-electron chi connectivity index (χ1n) is 5.37. The van der Waals surface area contributed by atoms with Gasteiger partial charge in [0.2, 0.25) is 0 Å². The van der Waals surface area contributed by atoms with Crippen molar-refractivity contribution < 1.29 is 4.39 Å². The first-order chi connectivity index (χ1) is 8.29. The third kappa shape index (κ3) is 2.90. The molecule has 1 aromatic heterocycles. The number of nitrogens with one attached hydrogen (secondary N) is 2. The molecule has 0 aliphatic rings. The van der Waals surface area contributed by atoms with Crippen molar-refractivity contribution in [3.63, 3.8) is 0 Å². The lowest BCUT2D eigenvalue weighted by Crippen LogP contribution is -2.02. The molecule has 0 aliphatic heterocycles. The zero-order valence-electron chi connectivity index (χ0n) is 9.44. The largest absolute Gasteiger partial charge is 0.370 e. The number of nitrogens with zero attached hydrogens (tertiary/aromatic N) is 2. The molecule has 2 rings (SSSR count). The summed E-state index contributed by atoms with van der Waals surface area (Å²) in [5.41, 5.74) is 0.397. The molecular formula is C12H13FN4. The highest BCUT2D eigenvalue weighted by Gasteiger charge is 2.02. The Hall–Kier alpha value is -2.17. The SMILES string of the molecule is CCNc1cc(Nc2ccccc2F)ncn1. The van der Waals surface area contributed by atoms with Crippen molar-refractivity contribution in [2.24, 2.45) is 0 Å². The molecule has 0 atom stereocenters. The monoisotopic (exact) mass is 232 g/mol. The van der Waals surface area contributed by atoms with Crippen molar-refractivity contribution in [1.29, 1.82) is 0 Å². The average molecular weight is 232 g/mol. The Kier molecular flexibility index (Phi) is 3.49. The van der Waals surface area contributed by atoms with Gasteiger partial charge in [0.05, 0.1) is 5.69 Å². The highest BCUT2D eigenvalue weighted by Crippen LogP contribution is 2.18. The molecule has 2 aromatic rings. The van der Waals surface area contributed by atoms with Gasteiger partial charge in [-0.1, -0.05) is 12.1 Å². The Balaban J connectivity index is 2.18. The summed E-state index contributed by atoms with van der Waals surface area (Å²) in [5.74, 6) is 0.957. The van der Waals surface area contributed by atoms with E-state index in [2.05, 4.69) is 20.6 Å². The Morgan fingerprint density at radius 1 is 1.18 bits per heavy atom. The average Bonchev–Trinajstić information content (AvgIpc) is 2.33. The van der Waals surface area contributed by atoms with Crippen molar-refractivity contribution >= 4 is 17.3 Å². The minimum atomic E-state index is -0.309. The fourth-order valence-corrected chi connectivity index (χ4v) is 1.40. The molecule has 1 heterocycles. The van der Waals surface area contributed by atoms with Gasteiger partial charge in [-0.3, -0.25) is 0 Å². The van der Waals surface area contributed by atoms with Gasteiger partial charge in [0.25, 0.3) is 0 Å². The zero-order valence-corrected chi connectivity index (χ0v) is 9.44. The standard InChI is InChI=1S/C12H13FN4/c1-2-14-11-7-12(16-8-15-11)17-10-6-4-3-5-9(10)13/h3-8H,2H2,1H3,(H2,14,15,16,17). The molecule has 4 nitrogen and oxygen atoms in total. The predicted molar refractivity (Wildman–Crippen MR) is 65.9 cm³/mol. The maximum Gasteiger partial charge on any atom is 0.146 e. The second kappa shape index (κ2) is 5.25. The minimum absolute atomic E-state index is 0.309. The summed E-state index contributed by atoms with van der Waals surface area (Å²) < 4.78 is 13.4. The van der Waals surface area contributed by atoms with Crippen LogP contribution >= 0.6 is 0 Å². The van der Waals surface area contributed by atoms with Gasteiger partial charge in [-0.15, -0.1) is 0 Å². The Bertz CT molecular complexity index is 501. The highest BCUT2D eigenvalue weighted by molar-refractivity contribution is 5.59. The van der Waals surface area contributed by atoms with E-state index in [1.807, 2.05) is 6.92 Å². The molecule has 5 heteroatoms. The number of benzene rings is 1. The molecule has 0 radical (unpaired) electrons. The number of para-hydroxylation sites is 1. The fourth-order valence-electron chi connectivity index (χ4n) is 1.40. The Morgan fingerprint density at radius 2 is 1.94 bits per heavy atom. The molecule has 1 aromatic carbocycles. The lowest BCUT2D eigenvalue weighted by Gasteiger charge is -2.07. The molecular weight excluding hydrogens is 219 g/mol. The summed E-state index contributed by atoms with van der Waals surface area (Å²) >= 11 is 0. The minimum Gasteiger partial charge on any atom is -0.370 e. The van der Waals surface area contributed by atoms with E-state index >= 15 is 0 Å². The molecule has 0 bridgehead atoms. The van der Waals surface area contributed by atoms with E-state index in [0.717, 1.165) is 6.54 Å². The molecule has 17 heavy (non-hydrogen) atoms. The molecule has 0 amide bonds. The summed E-state index contributed by atoms with van der Waals surface area (Å²) in [4.78, 5) is 8.07. The van der Waals surface area contributed by atoms with E-state index in [9.17, 15) is 4.39 Å². The van der Waals surface area contributed by atoms with Gasteiger partial charge >= 0.3 is 0 Å². The molecule has 0 saturated heterocycles. The van der Waals surface area contributed by atoms with Crippen LogP contribution in [0.25, 0.3) is 0 Å². The van der Waals surface area contributed by atoms with Crippen molar-refractivity contribution in [3.8, 4) is 0 Å². The van der Waals surface area contributed by atoms with Crippen LogP contribution in [0.1, 0.15) is 6.92 Å². The number of hydrogen-bond acceptors (Lipinski definition) is 4. The van der Waals surface area contributed by atoms with E-state index < -0.39 is 0 Å². The quantitative estimate of drug-likeness (QED) is 0.851. The summed E-state index contributed by atoms with van der Waals surface area (Å²) in [6.07, 6.45) is 1.43. The van der Waals surface area contributed by atoms with Crippen LogP contribution in [0.4, 0.5) is 21.7 Å².